The van der Waals surface area contributed by atoms with Crippen LogP contribution in [-0.4, -0.2) is 28.9 Å². The SMILES string of the molecule is CCCCC[Si](C#Cc1c2c(cc3c1[Si](CCCCC)(c1ccccc1)c1ccccc1-3)CN(S(=O)(=O)c1ccc(C)cc1)C2)(c1ccccc1)c1ccccc1. The lowest BCUT2D eigenvalue weighted by molar-refractivity contribution is 0.431. The van der Waals surface area contributed by atoms with Crippen LogP contribution in [0.1, 0.15) is 74.6 Å². The maximum atomic E-state index is 14.4. The molecule has 288 valence electrons. The average Bonchev–Trinajstić information content (AvgIpc) is 3.82. The van der Waals surface area contributed by atoms with Gasteiger partial charge in [-0.15, -0.1) is 5.54 Å². The molecule has 0 aliphatic carbocycles. The molecule has 6 aromatic carbocycles. The first-order chi connectivity index (χ1) is 27.8. The van der Waals surface area contributed by atoms with Gasteiger partial charge in [-0.05, 0) is 85.4 Å². The molecule has 0 fully saturated rings. The van der Waals surface area contributed by atoms with Gasteiger partial charge in [0.1, 0.15) is 0 Å². The highest BCUT2D eigenvalue weighted by Crippen LogP contribution is 2.39. The van der Waals surface area contributed by atoms with E-state index in [9.17, 15) is 8.42 Å². The molecule has 2 heterocycles. The van der Waals surface area contributed by atoms with Gasteiger partial charge in [0.15, 0.2) is 16.1 Å². The Morgan fingerprint density at radius 3 is 1.91 bits per heavy atom. The fraction of sp³-hybridized carbons (Fsp3) is 0.255. The Morgan fingerprint density at radius 1 is 0.667 bits per heavy atom. The topological polar surface area (TPSA) is 37.4 Å². The van der Waals surface area contributed by atoms with Gasteiger partial charge < -0.3 is 0 Å². The van der Waals surface area contributed by atoms with Crippen LogP contribution < -0.4 is 25.9 Å². The monoisotopic (exact) mass is 799 g/mol. The molecule has 0 N–H and O–H groups in total. The van der Waals surface area contributed by atoms with E-state index in [0.717, 1.165) is 66.4 Å². The van der Waals surface area contributed by atoms with Crippen LogP contribution in [0.2, 0.25) is 12.1 Å². The van der Waals surface area contributed by atoms with Crippen molar-refractivity contribution < 1.29 is 8.42 Å². The maximum Gasteiger partial charge on any atom is 0.243 e. The zero-order valence-electron chi connectivity index (χ0n) is 33.6. The fourth-order valence-corrected chi connectivity index (χ4v) is 20.5. The smallest absolute Gasteiger partial charge is 0.207 e. The molecule has 2 aliphatic heterocycles. The number of benzene rings is 6. The summed E-state index contributed by atoms with van der Waals surface area (Å²) >= 11 is 0. The molecule has 6 aromatic rings. The fourth-order valence-electron chi connectivity index (χ4n) is 9.55. The van der Waals surface area contributed by atoms with E-state index in [4.69, 9.17) is 0 Å². The van der Waals surface area contributed by atoms with Crippen LogP contribution in [0.5, 0.6) is 0 Å². The summed E-state index contributed by atoms with van der Waals surface area (Å²) < 4.78 is 30.6. The number of hydrogen-bond donors (Lipinski definition) is 0. The molecule has 2 aliphatic rings. The van der Waals surface area contributed by atoms with E-state index in [-0.39, 0.29) is 0 Å². The Kier molecular flexibility index (Phi) is 11.4. The highest BCUT2D eigenvalue weighted by Gasteiger charge is 2.50. The molecule has 1 unspecified atom stereocenters. The van der Waals surface area contributed by atoms with E-state index in [0.29, 0.717) is 18.0 Å². The van der Waals surface area contributed by atoms with E-state index in [1.807, 2.05) is 19.1 Å². The Balaban J connectivity index is 1.43. The molecule has 0 saturated heterocycles. The number of aryl methyl sites for hydroxylation is 1. The molecule has 6 heteroatoms. The molecule has 3 nitrogen and oxygen atoms in total. The van der Waals surface area contributed by atoms with Crippen molar-refractivity contribution in [3.63, 3.8) is 0 Å². The maximum absolute atomic E-state index is 14.4. The Hall–Kier alpha value is -4.78. The minimum atomic E-state index is -3.75. The molecule has 0 bridgehead atoms. The Labute approximate surface area is 342 Å². The molecular formula is C51H53NO2SSi2. The third-order valence-electron chi connectivity index (χ3n) is 12.5. The summed E-state index contributed by atoms with van der Waals surface area (Å²) in [7, 11) is -9.06. The molecule has 0 amide bonds. The van der Waals surface area contributed by atoms with Gasteiger partial charge >= 0.3 is 0 Å². The molecule has 0 radical (unpaired) electrons. The van der Waals surface area contributed by atoms with Crippen LogP contribution >= 0.6 is 0 Å². The van der Waals surface area contributed by atoms with Gasteiger partial charge in [-0.3, -0.25) is 0 Å². The van der Waals surface area contributed by atoms with Crippen molar-refractivity contribution in [2.24, 2.45) is 0 Å². The van der Waals surface area contributed by atoms with Crippen LogP contribution in [0, 0.1) is 18.4 Å². The van der Waals surface area contributed by atoms with Crippen LogP contribution in [0.25, 0.3) is 11.1 Å². The average molecular weight is 800 g/mol. The normalized spacial score (nSPS) is 16.1. The highest BCUT2D eigenvalue weighted by atomic mass is 32.2. The summed E-state index contributed by atoms with van der Waals surface area (Å²) in [6.07, 6.45) is 6.87. The predicted octanol–water partition coefficient (Wildman–Crippen LogP) is 8.68. The van der Waals surface area contributed by atoms with Crippen molar-refractivity contribution >= 4 is 52.1 Å². The second kappa shape index (κ2) is 16.6. The minimum absolute atomic E-state index is 0.314. The van der Waals surface area contributed by atoms with Gasteiger partial charge in [0, 0.05) is 18.7 Å². The number of nitrogens with zero attached hydrogens (tertiary/aromatic N) is 1. The van der Waals surface area contributed by atoms with Crippen LogP contribution in [0.15, 0.2) is 150 Å². The van der Waals surface area contributed by atoms with E-state index < -0.39 is 26.2 Å². The van der Waals surface area contributed by atoms with E-state index >= 15 is 0 Å². The molecule has 8 rings (SSSR count). The lowest BCUT2D eigenvalue weighted by atomic mass is 9.96. The Morgan fingerprint density at radius 2 is 1.26 bits per heavy atom. The summed E-state index contributed by atoms with van der Waals surface area (Å²) in [4.78, 5) is 0.342. The molecule has 0 spiro atoms. The Bertz CT molecular complexity index is 2490. The van der Waals surface area contributed by atoms with Crippen LogP contribution in [-0.2, 0) is 23.1 Å². The van der Waals surface area contributed by atoms with Gasteiger partial charge in [0.25, 0.3) is 0 Å². The lowest BCUT2D eigenvalue weighted by Crippen LogP contribution is -2.65. The largest absolute Gasteiger partial charge is 0.243 e. The van der Waals surface area contributed by atoms with Crippen molar-refractivity contribution in [1.82, 2.24) is 4.31 Å². The minimum Gasteiger partial charge on any atom is -0.207 e. The number of fused-ring (bicyclic) bond motifs is 4. The number of sulfonamides is 1. The van der Waals surface area contributed by atoms with Crippen molar-refractivity contribution in [3.8, 4) is 22.6 Å². The van der Waals surface area contributed by atoms with Gasteiger partial charge in [0.2, 0.25) is 10.0 Å². The molecule has 1 atom stereocenters. The molecule has 0 saturated carbocycles. The summed E-state index contributed by atoms with van der Waals surface area (Å²) in [6, 6.07) is 54.3. The number of unbranched alkanes of at least 4 members (excludes halogenated alkanes) is 4. The summed E-state index contributed by atoms with van der Waals surface area (Å²) in [5, 5.41) is 6.95. The van der Waals surface area contributed by atoms with Crippen molar-refractivity contribution in [1.29, 1.82) is 0 Å². The number of hydrogen-bond acceptors (Lipinski definition) is 2. The second-order valence-electron chi connectivity index (χ2n) is 16.0. The quantitative estimate of drug-likeness (QED) is 0.0667. The van der Waals surface area contributed by atoms with E-state index in [1.165, 1.54) is 43.5 Å². The zero-order valence-corrected chi connectivity index (χ0v) is 36.4. The van der Waals surface area contributed by atoms with E-state index in [1.54, 1.807) is 16.4 Å². The zero-order chi connectivity index (χ0) is 39.5. The van der Waals surface area contributed by atoms with E-state index in [2.05, 4.69) is 147 Å². The summed E-state index contributed by atoms with van der Waals surface area (Å²) in [6.45, 7) is 7.20. The lowest BCUT2D eigenvalue weighted by Gasteiger charge is -2.32. The van der Waals surface area contributed by atoms with Gasteiger partial charge in [-0.1, -0.05) is 191 Å². The van der Waals surface area contributed by atoms with Crippen LogP contribution in [0.4, 0.5) is 0 Å². The molecule has 0 aromatic heterocycles. The van der Waals surface area contributed by atoms with Crippen LogP contribution in [0.3, 0.4) is 0 Å². The van der Waals surface area contributed by atoms with Crippen molar-refractivity contribution in [2.75, 3.05) is 0 Å². The first-order valence-electron chi connectivity index (χ1n) is 20.9. The van der Waals surface area contributed by atoms with Crippen molar-refractivity contribution in [2.45, 2.75) is 89.4 Å². The van der Waals surface area contributed by atoms with Gasteiger partial charge in [0.05, 0.1) is 4.90 Å². The van der Waals surface area contributed by atoms with Crippen molar-refractivity contribution in [3.05, 3.63) is 168 Å². The first-order valence-corrected chi connectivity index (χ1v) is 26.7. The third kappa shape index (κ3) is 7.10. The predicted molar refractivity (Wildman–Crippen MR) is 244 cm³/mol. The third-order valence-corrected chi connectivity index (χ3v) is 23.7. The molecular weight excluding hydrogens is 747 g/mol. The summed E-state index contributed by atoms with van der Waals surface area (Å²) in [5.74, 6) is 4.10. The van der Waals surface area contributed by atoms with Gasteiger partial charge in [-0.2, -0.15) is 4.31 Å². The standard InChI is InChI=1S/C51H53NO2SSi2/c1-4-6-19-34-56(43-21-11-8-12-22-43,44-23-13-9-14-24-44)36-33-47-49-39-52(55(53,54)42-31-29-40(3)30-32-42)38-41(49)37-48-46-27-17-18-28-50(46)57(51(47)48,35-20-7-5-2)45-25-15-10-16-26-45/h8-18,21-32,37H,4-7,19-20,34-35,38-39H2,1-3H3. The summed E-state index contributed by atoms with van der Waals surface area (Å²) in [5.41, 5.74) is 11.1. The van der Waals surface area contributed by atoms with Gasteiger partial charge in [-0.25, -0.2) is 8.42 Å². The second-order valence-corrected chi connectivity index (χ2v) is 25.6. The number of rotatable bonds is 13. The first kappa shape index (κ1) is 39.1. The molecule has 57 heavy (non-hydrogen) atoms. The highest BCUT2D eigenvalue weighted by molar-refractivity contribution is 7.89.